The minimum Gasteiger partial charge on any atom is -0.485 e. The second kappa shape index (κ2) is 9.33. The summed E-state index contributed by atoms with van der Waals surface area (Å²) in [4.78, 5) is 12.5. The highest BCUT2D eigenvalue weighted by molar-refractivity contribution is 8.00. The Bertz CT molecular complexity index is 1110. The van der Waals surface area contributed by atoms with Gasteiger partial charge in [-0.25, -0.2) is 4.68 Å². The summed E-state index contributed by atoms with van der Waals surface area (Å²) >= 11 is 1.19. The molecule has 0 fully saturated rings. The van der Waals surface area contributed by atoms with Crippen LogP contribution in [0.2, 0.25) is 0 Å². The molecule has 1 atom stereocenters. The van der Waals surface area contributed by atoms with E-state index < -0.39 is 5.25 Å². The molecule has 1 heterocycles. The molecule has 0 saturated carbocycles. The summed E-state index contributed by atoms with van der Waals surface area (Å²) < 4.78 is 7.13. The summed E-state index contributed by atoms with van der Waals surface area (Å²) in [6.07, 6.45) is 0. The largest absolute Gasteiger partial charge is 0.485 e. The third kappa shape index (κ3) is 5.10. The van der Waals surface area contributed by atoms with Crippen LogP contribution in [-0.2, 0) is 11.4 Å². The molecule has 154 valence electrons. The van der Waals surface area contributed by atoms with Crippen molar-refractivity contribution < 1.29 is 9.53 Å². The fourth-order valence-corrected chi connectivity index (χ4v) is 3.50. The normalized spacial score (nSPS) is 11.5. The van der Waals surface area contributed by atoms with E-state index in [1.165, 1.54) is 16.4 Å². The lowest BCUT2D eigenvalue weighted by molar-refractivity contribution is -0.115. The Balaban J connectivity index is 1.60. The van der Waals surface area contributed by atoms with E-state index in [0.717, 1.165) is 16.9 Å². The second-order valence-corrected chi connectivity index (χ2v) is 8.08. The quantitative estimate of drug-likeness (QED) is 0.443. The highest BCUT2D eigenvalue weighted by Crippen LogP contribution is 2.24. The molecule has 1 unspecified atom stereocenters. The lowest BCUT2D eigenvalue weighted by Crippen LogP contribution is -2.24. The Morgan fingerprint density at radius 2 is 2.10 bits per heavy atom. The smallest absolute Gasteiger partial charge is 0.237 e. The average Bonchev–Trinajstić information content (AvgIpc) is 3.07. The minimum atomic E-state index is -0.477. The summed E-state index contributed by atoms with van der Waals surface area (Å²) in [5, 5.41) is 19.8. The lowest BCUT2D eigenvalue weighted by Gasteiger charge is -2.12. The molecule has 1 amide bonds. The first-order valence-electron chi connectivity index (χ1n) is 9.24. The van der Waals surface area contributed by atoms with Crippen LogP contribution in [0.1, 0.15) is 29.4 Å². The number of nitrogens with one attached hydrogen (secondary N) is 1. The predicted octanol–water partition coefficient (Wildman–Crippen LogP) is 3.18. The Morgan fingerprint density at radius 1 is 1.30 bits per heavy atom. The van der Waals surface area contributed by atoms with Gasteiger partial charge in [-0.2, -0.15) is 5.26 Å². The molecular weight excluding hydrogens is 400 g/mol. The molecule has 0 spiro atoms. The molecule has 3 rings (SSSR count). The monoisotopic (exact) mass is 422 g/mol. The van der Waals surface area contributed by atoms with Gasteiger partial charge >= 0.3 is 0 Å². The maximum absolute atomic E-state index is 12.5. The highest BCUT2D eigenvalue weighted by atomic mass is 32.2. The molecular formula is C21H22N6O2S. The van der Waals surface area contributed by atoms with Crippen LogP contribution in [0, 0.1) is 25.2 Å². The Labute approximate surface area is 179 Å². The Hall–Kier alpha value is -3.51. The standard InChI is InChI=1S/C21H22N6O2S/c1-13-7-8-18(14(2)9-13)29-12-19-25-26-21(27(19)23)30-15(3)20(28)24-17-6-4-5-16(10-17)11-22/h4-10,15H,12,23H2,1-3H3,(H,24,28). The van der Waals surface area contributed by atoms with Crippen LogP contribution in [-0.4, -0.2) is 26.0 Å². The van der Waals surface area contributed by atoms with Crippen molar-refractivity contribution in [3.8, 4) is 11.8 Å². The van der Waals surface area contributed by atoms with Crippen molar-refractivity contribution >= 4 is 23.4 Å². The summed E-state index contributed by atoms with van der Waals surface area (Å²) in [6, 6.07) is 14.7. The molecule has 8 nitrogen and oxygen atoms in total. The molecule has 9 heteroatoms. The van der Waals surface area contributed by atoms with E-state index in [-0.39, 0.29) is 12.5 Å². The van der Waals surface area contributed by atoms with E-state index in [2.05, 4.69) is 15.5 Å². The fourth-order valence-electron chi connectivity index (χ4n) is 2.71. The number of amides is 1. The van der Waals surface area contributed by atoms with Gasteiger partial charge in [0.1, 0.15) is 12.4 Å². The number of thioether (sulfide) groups is 1. The first kappa shape index (κ1) is 21.2. The van der Waals surface area contributed by atoms with Crippen molar-refractivity contribution in [1.29, 1.82) is 5.26 Å². The van der Waals surface area contributed by atoms with Crippen molar-refractivity contribution in [2.24, 2.45) is 0 Å². The summed E-state index contributed by atoms with van der Waals surface area (Å²) in [6.45, 7) is 5.90. The molecule has 0 aliphatic carbocycles. The van der Waals surface area contributed by atoms with Gasteiger partial charge in [-0.15, -0.1) is 10.2 Å². The van der Waals surface area contributed by atoms with Crippen molar-refractivity contribution in [1.82, 2.24) is 14.9 Å². The van der Waals surface area contributed by atoms with Gasteiger partial charge in [0.05, 0.1) is 16.9 Å². The van der Waals surface area contributed by atoms with Crippen LogP contribution in [0.4, 0.5) is 5.69 Å². The number of carbonyl (C=O) groups is 1. The van der Waals surface area contributed by atoms with Gasteiger partial charge in [0, 0.05) is 5.69 Å². The van der Waals surface area contributed by atoms with Gasteiger partial charge in [0.2, 0.25) is 11.1 Å². The van der Waals surface area contributed by atoms with E-state index in [4.69, 9.17) is 15.8 Å². The van der Waals surface area contributed by atoms with Gasteiger partial charge < -0.3 is 15.9 Å². The number of rotatable bonds is 7. The number of aromatic nitrogens is 3. The highest BCUT2D eigenvalue weighted by Gasteiger charge is 2.20. The molecule has 0 saturated heterocycles. The molecule has 2 aromatic carbocycles. The van der Waals surface area contributed by atoms with Crippen LogP contribution in [0.15, 0.2) is 47.6 Å². The topological polar surface area (TPSA) is 119 Å². The predicted molar refractivity (Wildman–Crippen MR) is 116 cm³/mol. The van der Waals surface area contributed by atoms with Crippen molar-refractivity contribution in [2.75, 3.05) is 11.2 Å². The fraction of sp³-hybridized carbons (Fsp3) is 0.238. The first-order valence-corrected chi connectivity index (χ1v) is 10.1. The van der Waals surface area contributed by atoms with Gasteiger partial charge in [0.15, 0.2) is 5.82 Å². The van der Waals surface area contributed by atoms with Crippen molar-refractivity contribution in [2.45, 2.75) is 37.8 Å². The Morgan fingerprint density at radius 3 is 2.83 bits per heavy atom. The number of anilines is 1. The number of carbonyl (C=O) groups excluding carboxylic acids is 1. The van der Waals surface area contributed by atoms with Gasteiger partial charge in [-0.3, -0.25) is 4.79 Å². The van der Waals surface area contributed by atoms with Crippen molar-refractivity contribution in [3.05, 3.63) is 65.0 Å². The average molecular weight is 423 g/mol. The third-order valence-corrected chi connectivity index (χ3v) is 5.39. The summed E-state index contributed by atoms with van der Waals surface area (Å²) in [7, 11) is 0. The first-order chi connectivity index (χ1) is 14.4. The maximum atomic E-state index is 12.5. The number of hydrogen-bond acceptors (Lipinski definition) is 7. The number of hydrogen-bond donors (Lipinski definition) is 2. The lowest BCUT2D eigenvalue weighted by atomic mass is 10.1. The zero-order valence-electron chi connectivity index (χ0n) is 16.9. The Kier molecular flexibility index (Phi) is 6.59. The van der Waals surface area contributed by atoms with Crippen LogP contribution in [0.5, 0.6) is 5.75 Å². The summed E-state index contributed by atoms with van der Waals surface area (Å²) in [5.74, 6) is 7.07. The molecule has 0 radical (unpaired) electrons. The molecule has 3 N–H and O–H groups in total. The number of nitriles is 1. The number of nitrogen functional groups attached to an aromatic ring is 1. The van der Waals surface area contributed by atoms with E-state index in [1.807, 2.05) is 38.1 Å². The van der Waals surface area contributed by atoms with Gasteiger partial charge in [-0.05, 0) is 50.6 Å². The van der Waals surface area contributed by atoms with Crippen molar-refractivity contribution in [3.63, 3.8) is 0 Å². The van der Waals surface area contributed by atoms with E-state index >= 15 is 0 Å². The van der Waals surface area contributed by atoms with Crippen LogP contribution < -0.4 is 15.9 Å². The molecule has 0 aliphatic heterocycles. The van der Waals surface area contributed by atoms with E-state index in [9.17, 15) is 4.79 Å². The van der Waals surface area contributed by atoms with Crippen LogP contribution in [0.25, 0.3) is 0 Å². The number of nitrogens with two attached hydrogens (primary N) is 1. The van der Waals surface area contributed by atoms with E-state index in [0.29, 0.717) is 22.2 Å². The molecule has 30 heavy (non-hydrogen) atoms. The third-order valence-electron chi connectivity index (χ3n) is 4.33. The number of benzene rings is 2. The zero-order chi connectivity index (χ0) is 21.7. The molecule has 0 bridgehead atoms. The van der Waals surface area contributed by atoms with Gasteiger partial charge in [-0.1, -0.05) is 35.5 Å². The molecule has 0 aliphatic rings. The van der Waals surface area contributed by atoms with Gasteiger partial charge in [0.25, 0.3) is 0 Å². The van der Waals surface area contributed by atoms with Crippen LogP contribution in [0.3, 0.4) is 0 Å². The maximum Gasteiger partial charge on any atom is 0.237 e. The zero-order valence-corrected chi connectivity index (χ0v) is 17.7. The number of nitrogens with zero attached hydrogens (tertiary/aromatic N) is 4. The number of aryl methyl sites for hydroxylation is 2. The SMILES string of the molecule is Cc1ccc(OCc2nnc(SC(C)C(=O)Nc3cccc(C#N)c3)n2N)c(C)c1. The number of ether oxygens (including phenoxy) is 1. The second-order valence-electron chi connectivity index (χ2n) is 6.77. The van der Waals surface area contributed by atoms with E-state index in [1.54, 1.807) is 31.2 Å². The summed E-state index contributed by atoms with van der Waals surface area (Å²) in [5.41, 5.74) is 3.22. The molecule has 1 aromatic heterocycles. The molecule has 3 aromatic rings. The minimum absolute atomic E-state index is 0.162. The van der Waals surface area contributed by atoms with Crippen LogP contribution >= 0.6 is 11.8 Å².